The Morgan fingerprint density at radius 1 is 1.40 bits per heavy atom. The smallest absolute Gasteiger partial charge is 0.223 e. The highest BCUT2D eigenvalue weighted by Gasteiger charge is 2.13. The van der Waals surface area contributed by atoms with Gasteiger partial charge in [0.25, 0.3) is 0 Å². The van der Waals surface area contributed by atoms with Gasteiger partial charge < -0.3 is 15.6 Å². The molecule has 1 aromatic carbocycles. The van der Waals surface area contributed by atoms with Crippen molar-refractivity contribution in [3.8, 4) is 17.7 Å². The van der Waals surface area contributed by atoms with E-state index in [1.165, 1.54) is 0 Å². The Morgan fingerprint density at radius 3 is 2.75 bits per heavy atom. The topological polar surface area (TPSA) is 105 Å². The number of anilines is 1. The van der Waals surface area contributed by atoms with Gasteiger partial charge in [-0.2, -0.15) is 10.2 Å². The van der Waals surface area contributed by atoms with Crippen LogP contribution in [0.25, 0.3) is 0 Å². The zero-order chi connectivity index (χ0) is 14.7. The maximum absolute atomic E-state index is 9.89. The summed E-state index contributed by atoms with van der Waals surface area (Å²) in [7, 11) is 1.55. The second-order valence-electron chi connectivity index (χ2n) is 4.28. The third kappa shape index (κ3) is 2.62. The lowest BCUT2D eigenvalue weighted by molar-refractivity contribution is 0.409. The van der Waals surface area contributed by atoms with Crippen LogP contribution in [0.2, 0.25) is 0 Å². The quantitative estimate of drug-likeness (QED) is 0.876. The molecule has 1 aromatic heterocycles. The minimum atomic E-state index is -0.153. The molecule has 0 radical (unpaired) electrons. The largest absolute Gasteiger partial charge is 0.496 e. The molecule has 0 spiro atoms. The molecular weight excluding hydrogens is 256 g/mol. The van der Waals surface area contributed by atoms with Crippen molar-refractivity contribution in [2.75, 3.05) is 12.8 Å². The second kappa shape index (κ2) is 5.45. The van der Waals surface area contributed by atoms with Crippen LogP contribution in [0.5, 0.6) is 11.6 Å². The number of nitriles is 1. The number of aromatic nitrogens is 2. The van der Waals surface area contributed by atoms with Gasteiger partial charge in [0, 0.05) is 17.5 Å². The number of aromatic hydroxyl groups is 1. The lowest BCUT2D eigenvalue weighted by Crippen LogP contribution is -2.03. The summed E-state index contributed by atoms with van der Waals surface area (Å²) in [6.07, 6.45) is 0.358. The van der Waals surface area contributed by atoms with Gasteiger partial charge in [0.2, 0.25) is 11.8 Å². The van der Waals surface area contributed by atoms with E-state index in [0.717, 1.165) is 5.56 Å². The molecule has 6 heteroatoms. The van der Waals surface area contributed by atoms with E-state index in [1.54, 1.807) is 32.2 Å². The number of aryl methyl sites for hydroxylation is 1. The summed E-state index contributed by atoms with van der Waals surface area (Å²) in [4.78, 5) is 7.77. The van der Waals surface area contributed by atoms with Crippen molar-refractivity contribution in [2.45, 2.75) is 13.3 Å². The minimum Gasteiger partial charge on any atom is -0.496 e. The number of nitrogens with zero attached hydrogens (tertiary/aromatic N) is 3. The molecule has 1 heterocycles. The zero-order valence-electron chi connectivity index (χ0n) is 11.2. The summed E-state index contributed by atoms with van der Waals surface area (Å²) in [5.74, 6) is 0.514. The van der Waals surface area contributed by atoms with Crippen LogP contribution < -0.4 is 10.5 Å². The summed E-state index contributed by atoms with van der Waals surface area (Å²) in [5.41, 5.74) is 7.93. The van der Waals surface area contributed by atoms with Crippen molar-refractivity contribution >= 4 is 5.95 Å². The molecule has 0 aliphatic heterocycles. The van der Waals surface area contributed by atoms with Crippen LogP contribution in [-0.4, -0.2) is 22.2 Å². The molecule has 0 bridgehead atoms. The Labute approximate surface area is 116 Å². The molecule has 2 rings (SSSR count). The first kappa shape index (κ1) is 13.6. The van der Waals surface area contributed by atoms with Gasteiger partial charge in [-0.05, 0) is 25.1 Å². The Bertz CT molecular complexity index is 669. The molecule has 0 aliphatic carbocycles. The van der Waals surface area contributed by atoms with Gasteiger partial charge in [-0.15, -0.1) is 0 Å². The summed E-state index contributed by atoms with van der Waals surface area (Å²) in [6.45, 7) is 1.74. The number of nitrogens with two attached hydrogens (primary N) is 1. The van der Waals surface area contributed by atoms with E-state index in [9.17, 15) is 5.11 Å². The molecule has 6 nitrogen and oxygen atoms in total. The molecule has 0 unspecified atom stereocenters. The van der Waals surface area contributed by atoms with E-state index in [2.05, 4.69) is 16.0 Å². The molecule has 0 amide bonds. The van der Waals surface area contributed by atoms with Crippen LogP contribution in [0, 0.1) is 18.3 Å². The normalized spacial score (nSPS) is 10.1. The second-order valence-corrected chi connectivity index (χ2v) is 4.28. The maximum atomic E-state index is 9.89. The summed E-state index contributed by atoms with van der Waals surface area (Å²) < 4.78 is 5.26. The molecule has 0 fully saturated rings. The average Bonchev–Trinajstić information content (AvgIpc) is 2.42. The van der Waals surface area contributed by atoms with Crippen molar-refractivity contribution in [1.29, 1.82) is 5.26 Å². The molecule has 20 heavy (non-hydrogen) atoms. The highest BCUT2D eigenvalue weighted by molar-refractivity contribution is 5.47. The molecule has 0 atom stereocenters. The van der Waals surface area contributed by atoms with E-state index < -0.39 is 0 Å². The monoisotopic (exact) mass is 270 g/mol. The van der Waals surface area contributed by atoms with E-state index in [4.69, 9.17) is 15.7 Å². The third-order valence-corrected chi connectivity index (χ3v) is 2.99. The highest BCUT2D eigenvalue weighted by Crippen LogP contribution is 2.27. The van der Waals surface area contributed by atoms with Crippen molar-refractivity contribution < 1.29 is 9.84 Å². The third-order valence-electron chi connectivity index (χ3n) is 2.99. The number of hydrogen-bond acceptors (Lipinski definition) is 6. The minimum absolute atomic E-state index is 0.0292. The van der Waals surface area contributed by atoms with Crippen molar-refractivity contribution in [1.82, 2.24) is 9.97 Å². The van der Waals surface area contributed by atoms with Crippen molar-refractivity contribution in [3.63, 3.8) is 0 Å². The molecule has 102 valence electrons. The van der Waals surface area contributed by atoms with Gasteiger partial charge in [-0.25, -0.2) is 4.98 Å². The number of rotatable bonds is 3. The van der Waals surface area contributed by atoms with E-state index in [0.29, 0.717) is 29.0 Å². The Hall–Kier alpha value is -2.81. The fourth-order valence-electron chi connectivity index (χ4n) is 1.99. The van der Waals surface area contributed by atoms with E-state index >= 15 is 0 Å². The van der Waals surface area contributed by atoms with Gasteiger partial charge in [-0.3, -0.25) is 0 Å². The van der Waals surface area contributed by atoms with Gasteiger partial charge in [0.1, 0.15) is 5.75 Å². The van der Waals surface area contributed by atoms with Gasteiger partial charge in [0.05, 0.1) is 24.4 Å². The van der Waals surface area contributed by atoms with Crippen LogP contribution in [-0.2, 0) is 6.42 Å². The van der Waals surface area contributed by atoms with Gasteiger partial charge >= 0.3 is 0 Å². The molecule has 0 saturated carbocycles. The van der Waals surface area contributed by atoms with Crippen LogP contribution in [0.1, 0.15) is 22.4 Å². The van der Waals surface area contributed by atoms with Gasteiger partial charge in [0.15, 0.2) is 0 Å². The number of hydrogen-bond donors (Lipinski definition) is 2. The lowest BCUT2D eigenvalue weighted by atomic mass is 10.0. The first-order valence-electron chi connectivity index (χ1n) is 5.94. The predicted molar refractivity (Wildman–Crippen MR) is 73.4 cm³/mol. The highest BCUT2D eigenvalue weighted by atomic mass is 16.5. The van der Waals surface area contributed by atoms with E-state index in [1.807, 2.05) is 0 Å². The zero-order valence-corrected chi connectivity index (χ0v) is 11.2. The number of ether oxygens (including phenoxy) is 1. The van der Waals surface area contributed by atoms with Crippen molar-refractivity contribution in [2.24, 2.45) is 0 Å². The SMILES string of the molecule is COc1ccc(C#N)cc1Cc1c(C)nc(N)nc1O. The number of benzene rings is 1. The molecule has 2 aromatic rings. The summed E-state index contributed by atoms with van der Waals surface area (Å²) in [6, 6.07) is 7.19. The first-order chi connectivity index (χ1) is 9.55. The van der Waals surface area contributed by atoms with Crippen LogP contribution in [0.4, 0.5) is 5.95 Å². The average molecular weight is 270 g/mol. The van der Waals surface area contributed by atoms with Gasteiger partial charge in [-0.1, -0.05) is 0 Å². The van der Waals surface area contributed by atoms with Crippen LogP contribution >= 0.6 is 0 Å². The fourth-order valence-corrected chi connectivity index (χ4v) is 1.99. The lowest BCUT2D eigenvalue weighted by Gasteiger charge is -2.11. The molecule has 0 saturated heterocycles. The molecule has 3 N–H and O–H groups in total. The van der Waals surface area contributed by atoms with Crippen LogP contribution in [0.3, 0.4) is 0 Å². The summed E-state index contributed by atoms with van der Waals surface area (Å²) in [5, 5.41) is 18.8. The molecule has 0 aliphatic rings. The maximum Gasteiger partial charge on any atom is 0.223 e. The fraction of sp³-hybridized carbons (Fsp3) is 0.214. The van der Waals surface area contributed by atoms with E-state index in [-0.39, 0.29) is 11.8 Å². The first-order valence-corrected chi connectivity index (χ1v) is 5.94. The molecular formula is C14H14N4O2. The number of nitrogen functional groups attached to an aromatic ring is 1. The number of methoxy groups -OCH3 is 1. The Balaban J connectivity index is 2.47. The standard InChI is InChI=1S/C14H14N4O2/c1-8-11(13(19)18-14(16)17-8)6-10-5-9(7-15)3-4-12(10)20-2/h3-5H,6H2,1-2H3,(H3,16,17,18,19). The van der Waals surface area contributed by atoms with Crippen LogP contribution in [0.15, 0.2) is 18.2 Å². The van der Waals surface area contributed by atoms with Crippen molar-refractivity contribution in [3.05, 3.63) is 40.6 Å². The Morgan fingerprint density at radius 2 is 2.15 bits per heavy atom. The Kier molecular flexibility index (Phi) is 3.71. The predicted octanol–water partition coefficient (Wildman–Crippen LogP) is 1.54. The summed E-state index contributed by atoms with van der Waals surface area (Å²) >= 11 is 0.